The number of rotatable bonds is 7. The number of hydrogen-bond acceptors (Lipinski definition) is 8. The molecule has 0 unspecified atom stereocenters. The Balaban J connectivity index is 1.30. The predicted octanol–water partition coefficient (Wildman–Crippen LogP) is 2.89. The van der Waals surface area contributed by atoms with Crippen LogP contribution in [0.15, 0.2) is 50.1 Å². The van der Waals surface area contributed by atoms with Crippen LogP contribution in [0.5, 0.6) is 0 Å². The van der Waals surface area contributed by atoms with Gasteiger partial charge in [-0.2, -0.15) is 4.98 Å². The lowest BCUT2D eigenvalue weighted by Crippen LogP contribution is -2.25. The first kappa shape index (κ1) is 18.6. The topological polar surface area (TPSA) is 120 Å². The van der Waals surface area contributed by atoms with Gasteiger partial charge in [-0.1, -0.05) is 10.3 Å². The minimum absolute atomic E-state index is 0.248. The average molecular weight is 393 g/mol. The second kappa shape index (κ2) is 8.09. The van der Waals surface area contributed by atoms with Gasteiger partial charge < -0.3 is 18.8 Å². The normalized spacial score (nSPS) is 11.0. The zero-order chi connectivity index (χ0) is 20.2. The number of hydrogen-bond donors (Lipinski definition) is 1. The van der Waals surface area contributed by atoms with Crippen LogP contribution in [0.25, 0.3) is 11.5 Å². The van der Waals surface area contributed by atoms with Gasteiger partial charge in [0.15, 0.2) is 11.6 Å². The molecule has 4 aromatic rings. The van der Waals surface area contributed by atoms with Crippen molar-refractivity contribution in [2.24, 2.45) is 0 Å². The third-order valence-corrected chi connectivity index (χ3v) is 4.45. The summed E-state index contributed by atoms with van der Waals surface area (Å²) in [5, 5.41) is 10.7. The quantitative estimate of drug-likeness (QED) is 0.509. The molecule has 0 saturated heterocycles. The Morgan fingerprint density at radius 2 is 1.90 bits per heavy atom. The van der Waals surface area contributed by atoms with Gasteiger partial charge >= 0.3 is 0 Å². The summed E-state index contributed by atoms with van der Waals surface area (Å²) in [5.41, 5.74) is 2.58. The first-order valence-electron chi connectivity index (χ1n) is 9.12. The summed E-state index contributed by atoms with van der Waals surface area (Å²) in [7, 11) is 0. The van der Waals surface area contributed by atoms with Crippen LogP contribution in [0.2, 0.25) is 0 Å². The minimum atomic E-state index is -0.298. The standard InChI is InChI=1S/C20H19N5O4/c1-12-16(13(2)28-24-12)11-15-3-4-17(27-15)19(26)22-10-7-18-23-20(29-25-18)14-5-8-21-9-6-14/h3-6,8-9H,7,10-11H2,1-2H3,(H,22,26). The molecule has 0 aromatic carbocycles. The summed E-state index contributed by atoms with van der Waals surface area (Å²) >= 11 is 0. The highest BCUT2D eigenvalue weighted by molar-refractivity contribution is 5.91. The van der Waals surface area contributed by atoms with Crippen molar-refractivity contribution in [3.05, 3.63) is 71.0 Å². The highest BCUT2D eigenvalue weighted by Gasteiger charge is 2.15. The van der Waals surface area contributed by atoms with Gasteiger partial charge in [-0.25, -0.2) is 0 Å². The van der Waals surface area contributed by atoms with Crippen molar-refractivity contribution in [3.8, 4) is 11.5 Å². The van der Waals surface area contributed by atoms with E-state index in [-0.39, 0.29) is 11.7 Å². The van der Waals surface area contributed by atoms with Crippen molar-refractivity contribution >= 4 is 5.91 Å². The maximum atomic E-state index is 12.3. The summed E-state index contributed by atoms with van der Waals surface area (Å²) in [4.78, 5) is 20.6. The summed E-state index contributed by atoms with van der Waals surface area (Å²) in [6.45, 7) is 4.08. The van der Waals surface area contributed by atoms with E-state index in [0.29, 0.717) is 36.9 Å². The van der Waals surface area contributed by atoms with Gasteiger partial charge in [-0.15, -0.1) is 0 Å². The number of carbonyl (C=O) groups is 1. The Morgan fingerprint density at radius 1 is 1.07 bits per heavy atom. The second-order valence-corrected chi connectivity index (χ2v) is 6.50. The number of nitrogens with zero attached hydrogens (tertiary/aromatic N) is 4. The highest BCUT2D eigenvalue weighted by atomic mass is 16.5. The molecule has 0 fully saturated rings. The van der Waals surface area contributed by atoms with Gasteiger partial charge in [0.05, 0.1) is 5.69 Å². The smallest absolute Gasteiger partial charge is 0.287 e. The van der Waals surface area contributed by atoms with Crippen molar-refractivity contribution in [2.45, 2.75) is 26.7 Å². The Labute approximate surface area is 166 Å². The van der Waals surface area contributed by atoms with Crippen LogP contribution < -0.4 is 5.32 Å². The maximum Gasteiger partial charge on any atom is 0.287 e. The average Bonchev–Trinajstić information content (AvgIpc) is 3.46. The first-order chi connectivity index (χ1) is 14.1. The Hall–Kier alpha value is -3.75. The lowest BCUT2D eigenvalue weighted by Gasteiger charge is -2.01. The van der Waals surface area contributed by atoms with E-state index in [4.69, 9.17) is 13.5 Å². The number of aryl methyl sites for hydroxylation is 2. The van der Waals surface area contributed by atoms with E-state index in [1.54, 1.807) is 36.7 Å². The largest absolute Gasteiger partial charge is 0.456 e. The molecular formula is C20H19N5O4. The molecule has 0 aliphatic heterocycles. The van der Waals surface area contributed by atoms with Crippen LogP contribution in [0.4, 0.5) is 0 Å². The molecule has 9 nitrogen and oxygen atoms in total. The van der Waals surface area contributed by atoms with E-state index in [2.05, 4.69) is 25.6 Å². The van der Waals surface area contributed by atoms with Crippen molar-refractivity contribution in [3.63, 3.8) is 0 Å². The minimum Gasteiger partial charge on any atom is -0.456 e. The number of pyridine rings is 1. The molecule has 29 heavy (non-hydrogen) atoms. The second-order valence-electron chi connectivity index (χ2n) is 6.50. The fourth-order valence-electron chi connectivity index (χ4n) is 2.87. The first-order valence-corrected chi connectivity index (χ1v) is 9.12. The summed E-state index contributed by atoms with van der Waals surface area (Å²) in [6.07, 6.45) is 4.27. The lowest BCUT2D eigenvalue weighted by atomic mass is 10.1. The molecule has 0 aliphatic rings. The fraction of sp³-hybridized carbons (Fsp3) is 0.250. The summed E-state index contributed by atoms with van der Waals surface area (Å²) < 4.78 is 16.0. The van der Waals surface area contributed by atoms with E-state index in [1.807, 2.05) is 13.8 Å². The lowest BCUT2D eigenvalue weighted by molar-refractivity contribution is 0.0924. The van der Waals surface area contributed by atoms with Gasteiger partial charge in [-0.3, -0.25) is 9.78 Å². The third kappa shape index (κ3) is 4.23. The molecule has 4 rings (SSSR count). The zero-order valence-corrected chi connectivity index (χ0v) is 16.0. The SMILES string of the molecule is Cc1noc(C)c1Cc1ccc(C(=O)NCCc2noc(-c3ccncc3)n2)o1. The summed E-state index contributed by atoms with van der Waals surface area (Å²) in [5.74, 6) is 2.30. The maximum absolute atomic E-state index is 12.3. The molecule has 9 heteroatoms. The molecule has 0 spiro atoms. The zero-order valence-electron chi connectivity index (χ0n) is 16.0. The molecule has 4 aromatic heterocycles. The molecule has 0 aliphatic carbocycles. The van der Waals surface area contributed by atoms with E-state index in [0.717, 1.165) is 22.6 Å². The molecule has 0 saturated carbocycles. The van der Waals surface area contributed by atoms with Crippen LogP contribution in [-0.4, -0.2) is 32.7 Å². The number of carbonyl (C=O) groups excluding carboxylic acids is 1. The van der Waals surface area contributed by atoms with Crippen molar-refractivity contribution < 1.29 is 18.3 Å². The van der Waals surface area contributed by atoms with E-state index >= 15 is 0 Å². The van der Waals surface area contributed by atoms with Gasteiger partial charge in [0.25, 0.3) is 11.8 Å². The summed E-state index contributed by atoms with van der Waals surface area (Å²) in [6, 6.07) is 7.01. The number of aromatic nitrogens is 4. The molecular weight excluding hydrogens is 374 g/mol. The van der Waals surface area contributed by atoms with Gasteiger partial charge in [0, 0.05) is 42.9 Å². The van der Waals surface area contributed by atoms with Crippen molar-refractivity contribution in [2.75, 3.05) is 6.54 Å². The van der Waals surface area contributed by atoms with Crippen molar-refractivity contribution in [1.29, 1.82) is 0 Å². The van der Waals surface area contributed by atoms with Crippen LogP contribution >= 0.6 is 0 Å². The molecule has 0 atom stereocenters. The van der Waals surface area contributed by atoms with E-state index in [9.17, 15) is 4.79 Å². The molecule has 0 bridgehead atoms. The third-order valence-electron chi connectivity index (χ3n) is 4.45. The van der Waals surface area contributed by atoms with Crippen LogP contribution in [0.1, 0.15) is 39.2 Å². The molecule has 0 radical (unpaired) electrons. The molecule has 148 valence electrons. The number of furan rings is 1. The van der Waals surface area contributed by atoms with Gasteiger partial charge in [0.2, 0.25) is 0 Å². The highest BCUT2D eigenvalue weighted by Crippen LogP contribution is 2.19. The fourth-order valence-corrected chi connectivity index (χ4v) is 2.87. The Kier molecular flexibility index (Phi) is 5.19. The van der Waals surface area contributed by atoms with Gasteiger partial charge in [-0.05, 0) is 38.1 Å². The number of nitrogens with one attached hydrogen (secondary N) is 1. The number of amides is 1. The predicted molar refractivity (Wildman–Crippen MR) is 101 cm³/mol. The molecule has 1 amide bonds. The Morgan fingerprint density at radius 3 is 2.66 bits per heavy atom. The molecule has 1 N–H and O–H groups in total. The Bertz CT molecular complexity index is 1090. The van der Waals surface area contributed by atoms with Crippen molar-refractivity contribution in [1.82, 2.24) is 25.6 Å². The van der Waals surface area contributed by atoms with Crippen LogP contribution in [0.3, 0.4) is 0 Å². The van der Waals surface area contributed by atoms with E-state index < -0.39 is 0 Å². The molecule has 4 heterocycles. The van der Waals surface area contributed by atoms with Gasteiger partial charge in [0.1, 0.15) is 11.5 Å². The van der Waals surface area contributed by atoms with Crippen LogP contribution in [-0.2, 0) is 12.8 Å². The van der Waals surface area contributed by atoms with Crippen LogP contribution in [0, 0.1) is 13.8 Å². The monoisotopic (exact) mass is 393 g/mol. The van der Waals surface area contributed by atoms with E-state index in [1.165, 1.54) is 0 Å².